The van der Waals surface area contributed by atoms with Crippen LogP contribution in [-0.2, 0) is 4.43 Å². The molecule has 1 aromatic carbocycles. The SMILES string of the molecule is CCC(CCO[Si](C)(C)C)c1ccccc1. The molecule has 1 unspecified atom stereocenters. The van der Waals surface area contributed by atoms with Crippen LogP contribution in [0.4, 0.5) is 0 Å². The summed E-state index contributed by atoms with van der Waals surface area (Å²) in [6, 6.07) is 10.8. The summed E-state index contributed by atoms with van der Waals surface area (Å²) in [4.78, 5) is 0. The van der Waals surface area contributed by atoms with Crippen LogP contribution in [0, 0.1) is 0 Å². The lowest BCUT2D eigenvalue weighted by atomic mass is 9.94. The highest BCUT2D eigenvalue weighted by Gasteiger charge is 2.15. The van der Waals surface area contributed by atoms with Gasteiger partial charge in [-0.25, -0.2) is 0 Å². The van der Waals surface area contributed by atoms with Crippen LogP contribution in [0.5, 0.6) is 0 Å². The van der Waals surface area contributed by atoms with Crippen LogP contribution < -0.4 is 0 Å². The lowest BCUT2D eigenvalue weighted by molar-refractivity contribution is 0.290. The van der Waals surface area contributed by atoms with Gasteiger partial charge in [0.25, 0.3) is 0 Å². The Labute approximate surface area is 101 Å². The normalized spacial score (nSPS) is 13.8. The van der Waals surface area contributed by atoms with E-state index in [1.807, 2.05) is 0 Å². The Kier molecular flexibility index (Phi) is 5.23. The molecule has 0 saturated carbocycles. The maximum atomic E-state index is 5.92. The van der Waals surface area contributed by atoms with E-state index in [0.29, 0.717) is 5.92 Å². The smallest absolute Gasteiger partial charge is 0.183 e. The first-order valence-corrected chi connectivity index (χ1v) is 9.62. The van der Waals surface area contributed by atoms with Crippen molar-refractivity contribution in [3.63, 3.8) is 0 Å². The molecule has 1 aromatic rings. The fraction of sp³-hybridized carbons (Fsp3) is 0.571. The predicted molar refractivity (Wildman–Crippen MR) is 73.4 cm³/mol. The van der Waals surface area contributed by atoms with E-state index in [1.54, 1.807) is 0 Å². The van der Waals surface area contributed by atoms with E-state index in [4.69, 9.17) is 4.43 Å². The summed E-state index contributed by atoms with van der Waals surface area (Å²) < 4.78 is 5.92. The summed E-state index contributed by atoms with van der Waals surface area (Å²) in [6.07, 6.45) is 2.34. The molecule has 1 nitrogen and oxygen atoms in total. The molecule has 0 aromatic heterocycles. The molecule has 0 N–H and O–H groups in total. The van der Waals surface area contributed by atoms with Crippen molar-refractivity contribution in [1.29, 1.82) is 0 Å². The monoisotopic (exact) mass is 236 g/mol. The number of benzene rings is 1. The average molecular weight is 236 g/mol. The van der Waals surface area contributed by atoms with E-state index in [1.165, 1.54) is 12.0 Å². The average Bonchev–Trinajstić information content (AvgIpc) is 2.24. The van der Waals surface area contributed by atoms with Gasteiger partial charge in [-0.3, -0.25) is 0 Å². The Hall–Kier alpha value is -0.603. The highest BCUT2D eigenvalue weighted by atomic mass is 28.4. The van der Waals surface area contributed by atoms with Gasteiger partial charge in [0, 0.05) is 6.61 Å². The summed E-state index contributed by atoms with van der Waals surface area (Å²) in [5, 5.41) is 0. The van der Waals surface area contributed by atoms with E-state index in [9.17, 15) is 0 Å². The van der Waals surface area contributed by atoms with Crippen molar-refractivity contribution >= 4 is 8.32 Å². The Bertz CT molecular complexity index is 289. The minimum absolute atomic E-state index is 0.651. The Balaban J connectivity index is 2.45. The van der Waals surface area contributed by atoms with Gasteiger partial charge in [0.1, 0.15) is 0 Å². The first-order chi connectivity index (χ1) is 7.53. The lowest BCUT2D eigenvalue weighted by Gasteiger charge is -2.20. The number of hydrogen-bond acceptors (Lipinski definition) is 1. The van der Waals surface area contributed by atoms with Crippen LogP contribution in [-0.4, -0.2) is 14.9 Å². The molecule has 0 fully saturated rings. The Morgan fingerprint density at radius 3 is 2.25 bits per heavy atom. The third-order valence-electron chi connectivity index (χ3n) is 2.77. The second-order valence-corrected chi connectivity index (χ2v) is 9.78. The molecule has 0 radical (unpaired) electrons. The van der Waals surface area contributed by atoms with Crippen molar-refractivity contribution in [2.45, 2.75) is 45.3 Å². The fourth-order valence-electron chi connectivity index (χ4n) is 1.84. The third-order valence-corrected chi connectivity index (χ3v) is 3.84. The molecule has 0 aliphatic heterocycles. The summed E-state index contributed by atoms with van der Waals surface area (Å²) >= 11 is 0. The molecule has 0 heterocycles. The first-order valence-electron chi connectivity index (χ1n) is 6.22. The van der Waals surface area contributed by atoms with E-state index >= 15 is 0 Å². The maximum Gasteiger partial charge on any atom is 0.183 e. The zero-order chi connectivity index (χ0) is 12.0. The number of rotatable bonds is 6. The Morgan fingerprint density at radius 1 is 1.12 bits per heavy atom. The molecule has 16 heavy (non-hydrogen) atoms. The van der Waals surface area contributed by atoms with Crippen LogP contribution in [0.25, 0.3) is 0 Å². The summed E-state index contributed by atoms with van der Waals surface area (Å²) in [6.45, 7) is 9.90. The molecule has 0 amide bonds. The molecule has 0 spiro atoms. The molecule has 1 rings (SSSR count). The van der Waals surface area contributed by atoms with Crippen LogP contribution >= 0.6 is 0 Å². The van der Waals surface area contributed by atoms with Gasteiger partial charge in [-0.15, -0.1) is 0 Å². The summed E-state index contributed by atoms with van der Waals surface area (Å²) in [7, 11) is -1.34. The van der Waals surface area contributed by atoms with E-state index in [0.717, 1.165) is 13.0 Å². The third kappa shape index (κ3) is 4.95. The topological polar surface area (TPSA) is 9.23 Å². The molecular formula is C14H24OSi. The van der Waals surface area contributed by atoms with Gasteiger partial charge in [-0.1, -0.05) is 37.3 Å². The van der Waals surface area contributed by atoms with Crippen LogP contribution in [0.15, 0.2) is 30.3 Å². The summed E-state index contributed by atoms with van der Waals surface area (Å²) in [5.41, 5.74) is 1.45. The molecule has 1 atom stereocenters. The molecule has 0 bridgehead atoms. The maximum absolute atomic E-state index is 5.92. The summed E-state index contributed by atoms with van der Waals surface area (Å²) in [5.74, 6) is 0.651. The van der Waals surface area contributed by atoms with Gasteiger partial charge in [-0.2, -0.15) is 0 Å². The standard InChI is InChI=1S/C14H24OSi/c1-5-13(11-12-15-16(2,3)4)14-9-7-6-8-10-14/h6-10,13H,5,11-12H2,1-4H3. The van der Waals surface area contributed by atoms with Gasteiger partial charge < -0.3 is 4.43 Å². The van der Waals surface area contributed by atoms with E-state index < -0.39 is 8.32 Å². The van der Waals surface area contributed by atoms with Gasteiger partial charge >= 0.3 is 0 Å². The van der Waals surface area contributed by atoms with Crippen LogP contribution in [0.3, 0.4) is 0 Å². The molecule has 0 aliphatic rings. The fourth-order valence-corrected chi connectivity index (χ4v) is 2.57. The van der Waals surface area contributed by atoms with Crippen molar-refractivity contribution in [3.05, 3.63) is 35.9 Å². The highest BCUT2D eigenvalue weighted by Crippen LogP contribution is 2.23. The minimum Gasteiger partial charge on any atom is -0.418 e. The largest absolute Gasteiger partial charge is 0.418 e. The van der Waals surface area contributed by atoms with Gasteiger partial charge in [0.05, 0.1) is 0 Å². The lowest BCUT2D eigenvalue weighted by Crippen LogP contribution is -2.26. The van der Waals surface area contributed by atoms with Gasteiger partial charge in [0.2, 0.25) is 0 Å². The molecular weight excluding hydrogens is 212 g/mol. The zero-order valence-electron chi connectivity index (χ0n) is 11.0. The van der Waals surface area contributed by atoms with Crippen molar-refractivity contribution < 1.29 is 4.43 Å². The van der Waals surface area contributed by atoms with E-state index in [-0.39, 0.29) is 0 Å². The molecule has 2 heteroatoms. The van der Waals surface area contributed by atoms with Crippen molar-refractivity contribution in [2.24, 2.45) is 0 Å². The second kappa shape index (κ2) is 6.21. The highest BCUT2D eigenvalue weighted by molar-refractivity contribution is 6.69. The predicted octanol–water partition coefficient (Wildman–Crippen LogP) is 4.42. The molecule has 0 aliphatic carbocycles. The Morgan fingerprint density at radius 2 is 1.75 bits per heavy atom. The van der Waals surface area contributed by atoms with E-state index in [2.05, 4.69) is 56.9 Å². The zero-order valence-corrected chi connectivity index (χ0v) is 12.0. The van der Waals surface area contributed by atoms with Gasteiger partial charge in [-0.05, 0) is 44.0 Å². The quantitative estimate of drug-likeness (QED) is 0.664. The molecule has 90 valence electrons. The van der Waals surface area contributed by atoms with Crippen molar-refractivity contribution in [1.82, 2.24) is 0 Å². The second-order valence-electron chi connectivity index (χ2n) is 5.27. The first kappa shape index (κ1) is 13.5. The van der Waals surface area contributed by atoms with Crippen LogP contribution in [0.1, 0.15) is 31.2 Å². The number of hydrogen-bond donors (Lipinski definition) is 0. The van der Waals surface area contributed by atoms with Crippen molar-refractivity contribution in [2.75, 3.05) is 6.61 Å². The van der Waals surface area contributed by atoms with Crippen molar-refractivity contribution in [3.8, 4) is 0 Å². The molecule has 0 saturated heterocycles. The minimum atomic E-state index is -1.34. The van der Waals surface area contributed by atoms with Gasteiger partial charge in [0.15, 0.2) is 8.32 Å². The van der Waals surface area contributed by atoms with Crippen LogP contribution in [0.2, 0.25) is 19.6 Å².